The molecular formula is C16H17N3O4S. The fraction of sp³-hybridized carbons (Fsp3) is 0.250. The summed E-state index contributed by atoms with van der Waals surface area (Å²) in [7, 11) is 0. The van der Waals surface area contributed by atoms with Crippen LogP contribution in [-0.4, -0.2) is 23.7 Å². The van der Waals surface area contributed by atoms with E-state index >= 15 is 0 Å². The highest BCUT2D eigenvalue weighted by molar-refractivity contribution is 7.16. The second kappa shape index (κ2) is 7.69. The quantitative estimate of drug-likeness (QED) is 0.493. The molecule has 1 N–H and O–H groups in total. The molecule has 0 bridgehead atoms. The third kappa shape index (κ3) is 4.39. The van der Waals surface area contributed by atoms with Crippen molar-refractivity contribution in [3.05, 3.63) is 55.9 Å². The van der Waals surface area contributed by atoms with Gasteiger partial charge in [0.1, 0.15) is 5.75 Å². The van der Waals surface area contributed by atoms with Gasteiger partial charge in [-0.1, -0.05) is 23.5 Å². The largest absolute Gasteiger partial charge is 0.483 e. The molecule has 1 aromatic heterocycles. The Bertz CT molecular complexity index is 799. The van der Waals surface area contributed by atoms with Gasteiger partial charge in [0.05, 0.1) is 16.0 Å². The van der Waals surface area contributed by atoms with Crippen LogP contribution in [0.15, 0.2) is 29.4 Å². The first-order valence-corrected chi connectivity index (χ1v) is 7.96. The highest BCUT2D eigenvalue weighted by Crippen LogP contribution is 2.25. The number of nitrogens with zero attached hydrogens (tertiary/aromatic N) is 2. The summed E-state index contributed by atoms with van der Waals surface area (Å²) in [5.41, 5.74) is 5.38. The van der Waals surface area contributed by atoms with Gasteiger partial charge in [0.15, 0.2) is 6.61 Å². The van der Waals surface area contributed by atoms with Gasteiger partial charge in [0.2, 0.25) is 0 Å². The zero-order valence-electron chi connectivity index (χ0n) is 13.5. The van der Waals surface area contributed by atoms with Gasteiger partial charge in [-0.3, -0.25) is 14.9 Å². The predicted molar refractivity (Wildman–Crippen MR) is 92.9 cm³/mol. The van der Waals surface area contributed by atoms with E-state index < -0.39 is 10.8 Å². The van der Waals surface area contributed by atoms with Gasteiger partial charge in [-0.2, -0.15) is 5.10 Å². The topological polar surface area (TPSA) is 93.8 Å². The smallest absolute Gasteiger partial charge is 0.324 e. The Hall–Kier alpha value is -2.74. The number of hydrogen-bond acceptors (Lipinski definition) is 6. The van der Waals surface area contributed by atoms with Crippen LogP contribution in [0.5, 0.6) is 5.75 Å². The number of benzene rings is 1. The Morgan fingerprint density at radius 2 is 2.00 bits per heavy atom. The zero-order chi connectivity index (χ0) is 17.7. The van der Waals surface area contributed by atoms with E-state index in [9.17, 15) is 14.9 Å². The third-order valence-electron chi connectivity index (χ3n) is 3.39. The van der Waals surface area contributed by atoms with Crippen LogP contribution in [0.3, 0.4) is 0 Å². The summed E-state index contributed by atoms with van der Waals surface area (Å²) >= 11 is 0.977. The number of amides is 1. The monoisotopic (exact) mass is 347 g/mol. The maximum atomic E-state index is 11.8. The second-order valence-corrected chi connectivity index (χ2v) is 6.26. The number of carbonyl (C=O) groups is 1. The van der Waals surface area contributed by atoms with Gasteiger partial charge in [0, 0.05) is 6.07 Å². The molecule has 8 heteroatoms. The van der Waals surface area contributed by atoms with Crippen molar-refractivity contribution in [1.82, 2.24) is 5.43 Å². The van der Waals surface area contributed by atoms with E-state index in [1.807, 2.05) is 32.9 Å². The summed E-state index contributed by atoms with van der Waals surface area (Å²) in [4.78, 5) is 22.5. The van der Waals surface area contributed by atoms with Crippen LogP contribution < -0.4 is 10.2 Å². The molecular weight excluding hydrogens is 330 g/mol. The normalized spacial score (nSPS) is 10.8. The average molecular weight is 347 g/mol. The number of hydrazone groups is 1. The molecule has 0 saturated heterocycles. The van der Waals surface area contributed by atoms with Gasteiger partial charge in [-0.05, 0) is 43.5 Å². The summed E-state index contributed by atoms with van der Waals surface area (Å²) in [6.07, 6.45) is 1.36. The van der Waals surface area contributed by atoms with Crippen molar-refractivity contribution < 1.29 is 14.5 Å². The number of nitro groups is 1. The van der Waals surface area contributed by atoms with E-state index in [0.717, 1.165) is 28.0 Å². The Balaban J connectivity index is 1.88. The minimum atomic E-state index is -0.471. The summed E-state index contributed by atoms with van der Waals surface area (Å²) in [6, 6.07) is 6.90. The third-order valence-corrected chi connectivity index (χ3v) is 4.37. The Labute approximate surface area is 143 Å². The van der Waals surface area contributed by atoms with Crippen molar-refractivity contribution in [2.24, 2.45) is 5.10 Å². The van der Waals surface area contributed by atoms with Crippen molar-refractivity contribution in [2.45, 2.75) is 20.8 Å². The fourth-order valence-electron chi connectivity index (χ4n) is 2.00. The molecule has 24 heavy (non-hydrogen) atoms. The molecule has 0 aliphatic rings. The Morgan fingerprint density at radius 1 is 1.29 bits per heavy atom. The molecule has 7 nitrogen and oxygen atoms in total. The van der Waals surface area contributed by atoms with Gasteiger partial charge < -0.3 is 4.74 Å². The van der Waals surface area contributed by atoms with Crippen molar-refractivity contribution in [3.63, 3.8) is 0 Å². The van der Waals surface area contributed by atoms with Crippen molar-refractivity contribution >= 4 is 28.5 Å². The van der Waals surface area contributed by atoms with Gasteiger partial charge in [-0.15, -0.1) is 0 Å². The van der Waals surface area contributed by atoms with Crippen LogP contribution in [0.2, 0.25) is 0 Å². The average Bonchev–Trinajstić information content (AvgIpc) is 3.00. The number of thiophene rings is 1. The molecule has 0 unspecified atom stereocenters. The first-order valence-electron chi connectivity index (χ1n) is 7.14. The number of ether oxygens (including phenoxy) is 1. The molecule has 0 saturated carbocycles. The Kier molecular flexibility index (Phi) is 5.64. The maximum Gasteiger partial charge on any atom is 0.324 e. The highest BCUT2D eigenvalue weighted by Gasteiger charge is 2.10. The maximum absolute atomic E-state index is 11.8. The molecule has 0 atom stereocenters. The van der Waals surface area contributed by atoms with E-state index in [4.69, 9.17) is 4.74 Å². The first kappa shape index (κ1) is 17.6. The van der Waals surface area contributed by atoms with E-state index in [1.165, 1.54) is 12.3 Å². The number of hydrogen-bond donors (Lipinski definition) is 1. The molecule has 1 amide bonds. The lowest BCUT2D eigenvalue weighted by Gasteiger charge is -2.13. The van der Waals surface area contributed by atoms with Gasteiger partial charge in [0.25, 0.3) is 5.91 Å². The lowest BCUT2D eigenvalue weighted by Crippen LogP contribution is -2.25. The minimum Gasteiger partial charge on any atom is -0.483 e. The number of carbonyl (C=O) groups excluding carboxylic acids is 1. The SMILES string of the molecule is Cc1ccc(C)c(OCC(=O)N/N=C\c2ccc([N+](=O)[O-])s2)c1C. The highest BCUT2D eigenvalue weighted by atomic mass is 32.1. The molecule has 0 aliphatic heterocycles. The Morgan fingerprint density at radius 3 is 2.67 bits per heavy atom. The fourth-order valence-corrected chi connectivity index (χ4v) is 2.69. The molecule has 1 heterocycles. The first-order chi connectivity index (χ1) is 11.4. The molecule has 0 radical (unpaired) electrons. The molecule has 126 valence electrons. The van der Waals surface area contributed by atoms with E-state index in [0.29, 0.717) is 10.6 Å². The van der Waals surface area contributed by atoms with E-state index in [1.54, 1.807) is 6.07 Å². The van der Waals surface area contributed by atoms with Crippen LogP contribution in [0, 0.1) is 30.9 Å². The molecule has 0 aliphatic carbocycles. The predicted octanol–water partition coefficient (Wildman–Crippen LogP) is 3.11. The molecule has 2 rings (SSSR count). The molecule has 0 fully saturated rings. The number of nitrogens with one attached hydrogen (secondary N) is 1. The van der Waals surface area contributed by atoms with Crippen molar-refractivity contribution in [3.8, 4) is 5.75 Å². The summed E-state index contributed by atoms with van der Waals surface area (Å²) in [5.74, 6) is 0.292. The molecule has 0 spiro atoms. The van der Waals surface area contributed by atoms with Gasteiger partial charge in [-0.25, -0.2) is 5.43 Å². The van der Waals surface area contributed by atoms with Crippen LogP contribution >= 0.6 is 11.3 Å². The lowest BCUT2D eigenvalue weighted by atomic mass is 10.1. The standard InChI is InChI=1S/C16H17N3O4S/c1-10-4-5-11(2)16(12(10)3)23-9-14(20)18-17-8-13-6-7-15(24-13)19(21)22/h4-8H,9H2,1-3H3,(H,18,20)/b17-8-. The molecule has 2 aromatic rings. The lowest BCUT2D eigenvalue weighted by molar-refractivity contribution is -0.380. The summed E-state index contributed by atoms with van der Waals surface area (Å²) in [5, 5.41) is 14.4. The zero-order valence-corrected chi connectivity index (χ0v) is 14.3. The molecule has 1 aromatic carbocycles. The number of rotatable bonds is 6. The summed E-state index contributed by atoms with van der Waals surface area (Å²) < 4.78 is 5.58. The van der Waals surface area contributed by atoms with Crippen molar-refractivity contribution in [1.29, 1.82) is 0 Å². The number of aryl methyl sites for hydroxylation is 2. The summed E-state index contributed by atoms with van der Waals surface area (Å²) in [6.45, 7) is 5.68. The van der Waals surface area contributed by atoms with E-state index in [-0.39, 0.29) is 11.6 Å². The van der Waals surface area contributed by atoms with Crippen LogP contribution in [0.1, 0.15) is 21.6 Å². The van der Waals surface area contributed by atoms with Crippen LogP contribution in [0.25, 0.3) is 0 Å². The van der Waals surface area contributed by atoms with Crippen LogP contribution in [0.4, 0.5) is 5.00 Å². The second-order valence-electron chi connectivity index (χ2n) is 5.17. The van der Waals surface area contributed by atoms with E-state index in [2.05, 4.69) is 10.5 Å². The van der Waals surface area contributed by atoms with Crippen molar-refractivity contribution in [2.75, 3.05) is 6.61 Å². The minimum absolute atomic E-state index is 0.0245. The van der Waals surface area contributed by atoms with Gasteiger partial charge >= 0.3 is 5.00 Å². The van der Waals surface area contributed by atoms with Crippen LogP contribution in [-0.2, 0) is 4.79 Å².